The van der Waals surface area contributed by atoms with Crippen molar-refractivity contribution >= 4 is 11.8 Å². The molecule has 0 radical (unpaired) electrons. The number of ether oxygens (including phenoxy) is 1. The third-order valence-corrected chi connectivity index (χ3v) is 4.67. The molecule has 6 nitrogen and oxygen atoms in total. The van der Waals surface area contributed by atoms with Crippen LogP contribution in [0.4, 0.5) is 0 Å². The highest BCUT2D eigenvalue weighted by atomic mass is 16.5. The molecule has 2 aliphatic rings. The molecule has 0 spiro atoms. The highest BCUT2D eigenvalue weighted by Gasteiger charge is 2.29. The summed E-state index contributed by atoms with van der Waals surface area (Å²) in [5.41, 5.74) is 1.67. The second-order valence-electron chi connectivity index (χ2n) is 6.75. The van der Waals surface area contributed by atoms with Gasteiger partial charge in [0.2, 0.25) is 5.91 Å². The molecule has 0 aromatic heterocycles. The van der Waals surface area contributed by atoms with E-state index in [9.17, 15) is 9.59 Å². The Morgan fingerprint density at radius 1 is 1.08 bits per heavy atom. The van der Waals surface area contributed by atoms with E-state index >= 15 is 0 Å². The summed E-state index contributed by atoms with van der Waals surface area (Å²) in [4.78, 5) is 26.1. The normalized spacial score (nSPS) is 17.9. The summed E-state index contributed by atoms with van der Waals surface area (Å²) < 4.78 is 5.32. The van der Waals surface area contributed by atoms with Gasteiger partial charge in [0.05, 0.1) is 13.2 Å². The van der Waals surface area contributed by atoms with E-state index in [0.29, 0.717) is 18.7 Å². The second-order valence-corrected chi connectivity index (χ2v) is 6.75. The zero-order valence-electron chi connectivity index (χ0n) is 14.6. The van der Waals surface area contributed by atoms with Crippen molar-refractivity contribution in [1.29, 1.82) is 0 Å². The minimum atomic E-state index is -0.0458. The predicted octanol–water partition coefficient (Wildman–Crippen LogP) is 1.16. The summed E-state index contributed by atoms with van der Waals surface area (Å²) in [6, 6.07) is 7.43. The molecule has 25 heavy (non-hydrogen) atoms. The average Bonchev–Trinajstić information content (AvgIpc) is 3.50. The second kappa shape index (κ2) is 8.97. The first-order valence-electron chi connectivity index (χ1n) is 9.17. The standard InChI is InChI=1S/C19H27N3O3/c23-18(20-8-1-9-22-10-12-25-13-11-22)16-4-2-15(3-5-16)14-21-19(24)17-6-7-17/h2-5,17H,1,6-14H2,(H,20,23)(H,21,24). The first kappa shape index (κ1) is 17.9. The molecule has 1 aromatic rings. The lowest BCUT2D eigenvalue weighted by atomic mass is 10.1. The third kappa shape index (κ3) is 5.83. The van der Waals surface area contributed by atoms with Crippen molar-refractivity contribution in [3.63, 3.8) is 0 Å². The minimum Gasteiger partial charge on any atom is -0.379 e. The van der Waals surface area contributed by atoms with E-state index in [1.165, 1.54) is 0 Å². The van der Waals surface area contributed by atoms with Gasteiger partial charge in [0.15, 0.2) is 0 Å². The van der Waals surface area contributed by atoms with Gasteiger partial charge in [-0.2, -0.15) is 0 Å². The molecule has 0 unspecified atom stereocenters. The monoisotopic (exact) mass is 345 g/mol. The number of hydrogen-bond acceptors (Lipinski definition) is 4. The van der Waals surface area contributed by atoms with Gasteiger partial charge in [-0.3, -0.25) is 14.5 Å². The molecule has 1 aromatic carbocycles. The van der Waals surface area contributed by atoms with Crippen LogP contribution >= 0.6 is 0 Å². The molecule has 1 saturated heterocycles. The van der Waals surface area contributed by atoms with Crippen molar-refractivity contribution in [2.75, 3.05) is 39.4 Å². The Bertz CT molecular complexity index is 578. The summed E-state index contributed by atoms with van der Waals surface area (Å²) in [6.07, 6.45) is 2.96. The molecule has 2 amide bonds. The van der Waals surface area contributed by atoms with Crippen molar-refractivity contribution in [3.05, 3.63) is 35.4 Å². The van der Waals surface area contributed by atoms with Gasteiger partial charge in [-0.1, -0.05) is 12.1 Å². The van der Waals surface area contributed by atoms with E-state index in [0.717, 1.165) is 57.7 Å². The SMILES string of the molecule is O=C(NCCCN1CCOCC1)c1ccc(CNC(=O)C2CC2)cc1. The summed E-state index contributed by atoms with van der Waals surface area (Å²) in [6.45, 7) is 5.76. The van der Waals surface area contributed by atoms with Crippen LogP contribution in [-0.4, -0.2) is 56.1 Å². The number of nitrogens with one attached hydrogen (secondary N) is 2. The fourth-order valence-electron chi connectivity index (χ4n) is 2.88. The van der Waals surface area contributed by atoms with Gasteiger partial charge in [-0.05, 0) is 43.5 Å². The molecule has 1 saturated carbocycles. The molecule has 1 aliphatic carbocycles. The van der Waals surface area contributed by atoms with Crippen LogP contribution in [-0.2, 0) is 16.1 Å². The molecule has 1 aliphatic heterocycles. The number of hydrogen-bond donors (Lipinski definition) is 2. The number of amides is 2. The molecule has 0 atom stereocenters. The Hall–Kier alpha value is -1.92. The van der Waals surface area contributed by atoms with E-state index in [-0.39, 0.29) is 17.7 Å². The fraction of sp³-hybridized carbons (Fsp3) is 0.579. The van der Waals surface area contributed by atoms with Crippen molar-refractivity contribution < 1.29 is 14.3 Å². The van der Waals surface area contributed by atoms with E-state index in [2.05, 4.69) is 15.5 Å². The van der Waals surface area contributed by atoms with Crippen LogP contribution in [0.2, 0.25) is 0 Å². The molecule has 136 valence electrons. The summed E-state index contributed by atoms with van der Waals surface area (Å²) in [5.74, 6) is 0.320. The molecule has 2 N–H and O–H groups in total. The maximum atomic E-state index is 12.2. The topological polar surface area (TPSA) is 70.7 Å². The summed E-state index contributed by atoms with van der Waals surface area (Å²) >= 11 is 0. The van der Waals surface area contributed by atoms with Gasteiger partial charge in [-0.15, -0.1) is 0 Å². The van der Waals surface area contributed by atoms with Gasteiger partial charge in [0, 0.05) is 37.7 Å². The van der Waals surface area contributed by atoms with E-state index < -0.39 is 0 Å². The lowest BCUT2D eigenvalue weighted by Crippen LogP contribution is -2.38. The first-order chi connectivity index (χ1) is 12.2. The lowest BCUT2D eigenvalue weighted by molar-refractivity contribution is -0.122. The summed E-state index contributed by atoms with van der Waals surface area (Å²) in [7, 11) is 0. The van der Waals surface area contributed by atoms with Gasteiger partial charge >= 0.3 is 0 Å². The minimum absolute atomic E-state index is 0.0458. The number of carbonyl (C=O) groups excluding carboxylic acids is 2. The van der Waals surface area contributed by atoms with Gasteiger partial charge in [0.1, 0.15) is 0 Å². The van der Waals surface area contributed by atoms with Crippen molar-refractivity contribution in [1.82, 2.24) is 15.5 Å². The maximum absolute atomic E-state index is 12.2. The van der Waals surface area contributed by atoms with Gasteiger partial charge in [-0.25, -0.2) is 0 Å². The maximum Gasteiger partial charge on any atom is 0.251 e. The Balaban J connectivity index is 1.34. The number of carbonyl (C=O) groups is 2. The van der Waals surface area contributed by atoms with Crippen LogP contribution in [0, 0.1) is 5.92 Å². The molecular weight excluding hydrogens is 318 g/mol. The van der Waals surface area contributed by atoms with Crippen LogP contribution in [0.25, 0.3) is 0 Å². The highest BCUT2D eigenvalue weighted by Crippen LogP contribution is 2.28. The van der Waals surface area contributed by atoms with Crippen molar-refractivity contribution in [2.24, 2.45) is 5.92 Å². The van der Waals surface area contributed by atoms with Crippen LogP contribution in [0.15, 0.2) is 24.3 Å². The summed E-state index contributed by atoms with van der Waals surface area (Å²) in [5, 5.41) is 5.89. The Kier molecular flexibility index (Phi) is 6.42. The van der Waals surface area contributed by atoms with E-state index in [1.807, 2.05) is 24.3 Å². The number of nitrogens with zero attached hydrogens (tertiary/aromatic N) is 1. The molecule has 6 heteroatoms. The molecular formula is C19H27N3O3. The number of benzene rings is 1. The van der Waals surface area contributed by atoms with Gasteiger partial charge in [0.25, 0.3) is 5.91 Å². The Morgan fingerprint density at radius 3 is 2.48 bits per heavy atom. The number of morpholine rings is 1. The lowest BCUT2D eigenvalue weighted by Gasteiger charge is -2.26. The third-order valence-electron chi connectivity index (χ3n) is 4.67. The van der Waals surface area contributed by atoms with Crippen molar-refractivity contribution in [3.8, 4) is 0 Å². The van der Waals surface area contributed by atoms with Gasteiger partial charge < -0.3 is 15.4 Å². The fourth-order valence-corrected chi connectivity index (χ4v) is 2.88. The van der Waals surface area contributed by atoms with E-state index in [4.69, 9.17) is 4.74 Å². The highest BCUT2D eigenvalue weighted by molar-refractivity contribution is 5.94. The van der Waals surface area contributed by atoms with Crippen LogP contribution in [0.3, 0.4) is 0 Å². The van der Waals surface area contributed by atoms with E-state index in [1.54, 1.807) is 0 Å². The molecule has 1 heterocycles. The molecule has 0 bridgehead atoms. The first-order valence-corrected chi connectivity index (χ1v) is 9.17. The molecule has 3 rings (SSSR count). The number of rotatable bonds is 8. The average molecular weight is 345 g/mol. The zero-order valence-corrected chi connectivity index (χ0v) is 14.6. The zero-order chi connectivity index (χ0) is 17.5. The Labute approximate surface area is 148 Å². The quantitative estimate of drug-likeness (QED) is 0.694. The largest absolute Gasteiger partial charge is 0.379 e. The smallest absolute Gasteiger partial charge is 0.251 e. The molecule has 2 fully saturated rings. The predicted molar refractivity (Wildman–Crippen MR) is 95.2 cm³/mol. The van der Waals surface area contributed by atoms with Crippen LogP contribution in [0.5, 0.6) is 0 Å². The Morgan fingerprint density at radius 2 is 1.80 bits per heavy atom. The van der Waals surface area contributed by atoms with Crippen LogP contribution in [0.1, 0.15) is 35.2 Å². The van der Waals surface area contributed by atoms with Crippen molar-refractivity contribution in [2.45, 2.75) is 25.8 Å². The van der Waals surface area contributed by atoms with Crippen LogP contribution < -0.4 is 10.6 Å².